The van der Waals surface area contributed by atoms with Crippen LogP contribution in [0.15, 0.2) is 24.3 Å². The average molecular weight is 254 g/mol. The van der Waals surface area contributed by atoms with Crippen LogP contribution in [0.25, 0.3) is 0 Å². The van der Waals surface area contributed by atoms with Gasteiger partial charge in [0.25, 0.3) is 0 Å². The molecule has 0 spiro atoms. The van der Waals surface area contributed by atoms with Gasteiger partial charge in [-0.15, -0.1) is 0 Å². The molecule has 0 aromatic heterocycles. The van der Waals surface area contributed by atoms with E-state index < -0.39 is 0 Å². The fraction of sp³-hybridized carbons (Fsp3) is 0.462. The summed E-state index contributed by atoms with van der Waals surface area (Å²) in [5, 5.41) is 10.7. The lowest BCUT2D eigenvalue weighted by Crippen LogP contribution is -2.35. The second kappa shape index (κ2) is 7.79. The molecule has 0 saturated carbocycles. The fourth-order valence-electron chi connectivity index (χ4n) is 1.44. The van der Waals surface area contributed by atoms with Crippen molar-refractivity contribution in [3.05, 3.63) is 35.6 Å². The minimum Gasteiger partial charge on any atom is -0.365 e. The molecule has 0 amide bonds. The Morgan fingerprint density at radius 3 is 2.28 bits per heavy atom. The molecular formula is C13H19FN2O2. The molecule has 0 radical (unpaired) electrons. The van der Waals surface area contributed by atoms with E-state index in [0.29, 0.717) is 25.3 Å². The zero-order chi connectivity index (χ0) is 13.4. The molecular weight excluding hydrogens is 235 g/mol. The average Bonchev–Trinajstić information content (AvgIpc) is 2.37. The Labute approximate surface area is 107 Å². The van der Waals surface area contributed by atoms with Crippen molar-refractivity contribution in [2.24, 2.45) is 0 Å². The van der Waals surface area contributed by atoms with Crippen LogP contribution in [0.3, 0.4) is 0 Å². The van der Waals surface area contributed by atoms with Crippen LogP contribution in [0.5, 0.6) is 0 Å². The van der Waals surface area contributed by atoms with Gasteiger partial charge in [0.1, 0.15) is 11.7 Å². The van der Waals surface area contributed by atoms with Crippen LogP contribution in [0.4, 0.5) is 4.39 Å². The maximum atomic E-state index is 12.7. The third kappa shape index (κ3) is 4.81. The van der Waals surface area contributed by atoms with Gasteiger partial charge in [0.15, 0.2) is 6.29 Å². The predicted molar refractivity (Wildman–Crippen MR) is 68.3 cm³/mol. The summed E-state index contributed by atoms with van der Waals surface area (Å²) in [5.74, 6) is -0.0903. The van der Waals surface area contributed by atoms with Gasteiger partial charge in [-0.1, -0.05) is 0 Å². The lowest BCUT2D eigenvalue weighted by Gasteiger charge is -2.18. The first-order valence-electron chi connectivity index (χ1n) is 5.99. The molecule has 5 heteroatoms. The SMILES string of the molecule is CCOC(CNC(=N)c1ccc(F)cc1)OCC. The summed E-state index contributed by atoms with van der Waals surface area (Å²) in [4.78, 5) is 0. The van der Waals surface area contributed by atoms with Crippen molar-refractivity contribution in [2.45, 2.75) is 20.1 Å². The van der Waals surface area contributed by atoms with Crippen molar-refractivity contribution >= 4 is 5.84 Å². The Bertz CT molecular complexity index is 362. The van der Waals surface area contributed by atoms with Crippen LogP contribution in [0.1, 0.15) is 19.4 Å². The van der Waals surface area contributed by atoms with E-state index in [2.05, 4.69) is 5.32 Å². The Morgan fingerprint density at radius 1 is 1.22 bits per heavy atom. The van der Waals surface area contributed by atoms with Crippen molar-refractivity contribution in [2.75, 3.05) is 19.8 Å². The van der Waals surface area contributed by atoms with Crippen LogP contribution in [0, 0.1) is 11.2 Å². The third-order valence-electron chi connectivity index (χ3n) is 2.28. The molecule has 0 atom stereocenters. The second-order valence-electron chi connectivity index (χ2n) is 3.60. The first-order valence-corrected chi connectivity index (χ1v) is 5.99. The normalized spacial score (nSPS) is 10.7. The lowest BCUT2D eigenvalue weighted by atomic mass is 10.2. The zero-order valence-corrected chi connectivity index (χ0v) is 10.7. The summed E-state index contributed by atoms with van der Waals surface area (Å²) in [7, 11) is 0. The smallest absolute Gasteiger partial charge is 0.174 e. The Kier molecular flexibility index (Phi) is 6.32. The molecule has 2 N–H and O–H groups in total. The maximum Gasteiger partial charge on any atom is 0.174 e. The largest absolute Gasteiger partial charge is 0.365 e. The molecule has 0 fully saturated rings. The molecule has 1 aromatic carbocycles. The number of amidine groups is 1. The predicted octanol–water partition coefficient (Wildman–Crippen LogP) is 2.14. The summed E-state index contributed by atoms with van der Waals surface area (Å²) >= 11 is 0. The maximum absolute atomic E-state index is 12.7. The first kappa shape index (κ1) is 14.6. The van der Waals surface area contributed by atoms with Crippen LogP contribution in [-0.2, 0) is 9.47 Å². The lowest BCUT2D eigenvalue weighted by molar-refractivity contribution is -0.131. The van der Waals surface area contributed by atoms with Gasteiger partial charge in [0.2, 0.25) is 0 Å². The van der Waals surface area contributed by atoms with Gasteiger partial charge in [-0.05, 0) is 38.1 Å². The van der Waals surface area contributed by atoms with Gasteiger partial charge in [0.05, 0.1) is 6.54 Å². The van der Waals surface area contributed by atoms with Gasteiger partial charge in [-0.2, -0.15) is 0 Å². The van der Waals surface area contributed by atoms with Crippen LogP contribution in [0.2, 0.25) is 0 Å². The molecule has 4 nitrogen and oxygen atoms in total. The number of nitrogens with one attached hydrogen (secondary N) is 2. The summed E-state index contributed by atoms with van der Waals surface area (Å²) < 4.78 is 23.4. The van der Waals surface area contributed by atoms with Crippen LogP contribution in [-0.4, -0.2) is 31.9 Å². The van der Waals surface area contributed by atoms with Crippen molar-refractivity contribution in [3.63, 3.8) is 0 Å². The second-order valence-corrected chi connectivity index (χ2v) is 3.60. The van der Waals surface area contributed by atoms with Crippen molar-refractivity contribution < 1.29 is 13.9 Å². The molecule has 100 valence electrons. The van der Waals surface area contributed by atoms with E-state index in [1.165, 1.54) is 12.1 Å². The van der Waals surface area contributed by atoms with Crippen molar-refractivity contribution in [3.8, 4) is 0 Å². The number of benzene rings is 1. The van der Waals surface area contributed by atoms with Gasteiger partial charge < -0.3 is 14.8 Å². The molecule has 0 aliphatic heterocycles. The van der Waals surface area contributed by atoms with Crippen molar-refractivity contribution in [1.29, 1.82) is 5.41 Å². The third-order valence-corrected chi connectivity index (χ3v) is 2.28. The Morgan fingerprint density at radius 2 is 1.78 bits per heavy atom. The highest BCUT2D eigenvalue weighted by atomic mass is 19.1. The number of halogens is 1. The quantitative estimate of drug-likeness (QED) is 0.445. The summed E-state index contributed by atoms with van der Waals surface area (Å²) in [6, 6.07) is 5.77. The monoisotopic (exact) mass is 254 g/mol. The van der Waals surface area contributed by atoms with E-state index in [-0.39, 0.29) is 17.9 Å². The van der Waals surface area contributed by atoms with Gasteiger partial charge >= 0.3 is 0 Å². The summed E-state index contributed by atoms with van der Waals surface area (Å²) in [6.45, 7) is 5.26. The molecule has 0 aliphatic rings. The van der Waals surface area contributed by atoms with E-state index in [9.17, 15) is 4.39 Å². The molecule has 1 aromatic rings. The highest BCUT2D eigenvalue weighted by molar-refractivity contribution is 5.96. The minimum absolute atomic E-state index is 0.222. The van der Waals surface area contributed by atoms with Crippen LogP contribution < -0.4 is 5.32 Å². The standard InChI is InChI=1S/C13H19FN2O2/c1-3-17-12(18-4-2)9-16-13(15)10-5-7-11(14)8-6-10/h5-8,12H,3-4,9H2,1-2H3,(H2,15,16). The zero-order valence-electron chi connectivity index (χ0n) is 10.7. The molecule has 0 unspecified atom stereocenters. The number of hydrogen-bond donors (Lipinski definition) is 2. The Balaban J connectivity index is 2.46. The van der Waals surface area contributed by atoms with E-state index >= 15 is 0 Å². The van der Waals surface area contributed by atoms with Gasteiger partial charge in [-0.3, -0.25) is 5.41 Å². The summed E-state index contributed by atoms with van der Waals surface area (Å²) in [6.07, 6.45) is -0.374. The van der Waals surface area contributed by atoms with E-state index in [1.807, 2.05) is 13.8 Å². The molecule has 0 bridgehead atoms. The van der Waals surface area contributed by atoms with E-state index in [4.69, 9.17) is 14.9 Å². The highest BCUT2D eigenvalue weighted by Gasteiger charge is 2.09. The van der Waals surface area contributed by atoms with Crippen LogP contribution >= 0.6 is 0 Å². The van der Waals surface area contributed by atoms with Gasteiger partial charge in [0, 0.05) is 18.8 Å². The Hall–Kier alpha value is -1.46. The van der Waals surface area contributed by atoms with Crippen molar-refractivity contribution in [1.82, 2.24) is 5.32 Å². The molecule has 0 saturated heterocycles. The highest BCUT2D eigenvalue weighted by Crippen LogP contribution is 2.02. The van der Waals surface area contributed by atoms with E-state index in [0.717, 1.165) is 0 Å². The molecule has 1 rings (SSSR count). The number of hydrogen-bond acceptors (Lipinski definition) is 3. The molecule has 18 heavy (non-hydrogen) atoms. The fourth-order valence-corrected chi connectivity index (χ4v) is 1.44. The molecule has 0 heterocycles. The molecule has 0 aliphatic carbocycles. The van der Waals surface area contributed by atoms with Gasteiger partial charge in [-0.25, -0.2) is 4.39 Å². The van der Waals surface area contributed by atoms with E-state index in [1.54, 1.807) is 12.1 Å². The number of rotatable bonds is 7. The topological polar surface area (TPSA) is 54.3 Å². The number of ether oxygens (including phenoxy) is 2. The minimum atomic E-state index is -0.374. The first-order chi connectivity index (χ1) is 8.67. The summed E-state index contributed by atoms with van der Waals surface area (Å²) in [5.41, 5.74) is 0.628.